The molecule has 0 saturated carbocycles. The Bertz CT molecular complexity index is 579. The van der Waals surface area contributed by atoms with Crippen molar-refractivity contribution < 1.29 is 4.92 Å². The lowest BCUT2D eigenvalue weighted by atomic mass is 10.2. The van der Waals surface area contributed by atoms with E-state index in [2.05, 4.69) is 15.4 Å². The fourth-order valence-corrected chi connectivity index (χ4v) is 1.57. The van der Waals surface area contributed by atoms with Crippen LogP contribution in [0.4, 0.5) is 11.5 Å². The molecule has 0 spiro atoms. The first-order chi connectivity index (χ1) is 8.63. The molecule has 18 heavy (non-hydrogen) atoms. The van der Waals surface area contributed by atoms with Crippen molar-refractivity contribution in [3.63, 3.8) is 0 Å². The standard InChI is InChI=1S/C11H13N5O2/c1-3-15-7-8(6-13-15)10-4-9(16(17)18)5-11(12-2)14-10/h4-7H,3H2,1-2H3,(H,12,14). The summed E-state index contributed by atoms with van der Waals surface area (Å²) in [6.45, 7) is 2.71. The highest BCUT2D eigenvalue weighted by atomic mass is 16.6. The smallest absolute Gasteiger partial charge is 0.275 e. The first-order valence-corrected chi connectivity index (χ1v) is 5.51. The van der Waals surface area contributed by atoms with Gasteiger partial charge in [0.25, 0.3) is 5.69 Å². The van der Waals surface area contributed by atoms with Gasteiger partial charge in [-0.1, -0.05) is 0 Å². The van der Waals surface area contributed by atoms with Gasteiger partial charge in [0.1, 0.15) is 5.82 Å². The van der Waals surface area contributed by atoms with Gasteiger partial charge in [-0.05, 0) is 6.92 Å². The number of nitrogens with one attached hydrogen (secondary N) is 1. The molecule has 0 amide bonds. The molecule has 94 valence electrons. The summed E-state index contributed by atoms with van der Waals surface area (Å²) in [6, 6.07) is 2.84. The van der Waals surface area contributed by atoms with E-state index < -0.39 is 4.92 Å². The van der Waals surface area contributed by atoms with Crippen molar-refractivity contribution in [3.05, 3.63) is 34.6 Å². The summed E-state index contributed by atoms with van der Waals surface area (Å²) in [6.07, 6.45) is 3.46. The van der Waals surface area contributed by atoms with Crippen LogP contribution in [0.2, 0.25) is 0 Å². The van der Waals surface area contributed by atoms with Crippen molar-refractivity contribution in [1.29, 1.82) is 0 Å². The highest BCUT2D eigenvalue weighted by Gasteiger charge is 2.12. The van der Waals surface area contributed by atoms with Crippen molar-refractivity contribution in [1.82, 2.24) is 14.8 Å². The number of pyridine rings is 1. The van der Waals surface area contributed by atoms with E-state index in [0.29, 0.717) is 11.5 Å². The van der Waals surface area contributed by atoms with E-state index in [9.17, 15) is 10.1 Å². The molecular weight excluding hydrogens is 234 g/mol. The van der Waals surface area contributed by atoms with Gasteiger partial charge < -0.3 is 5.32 Å². The monoisotopic (exact) mass is 247 g/mol. The Balaban J connectivity index is 2.49. The van der Waals surface area contributed by atoms with E-state index in [0.717, 1.165) is 12.1 Å². The molecule has 2 aromatic rings. The van der Waals surface area contributed by atoms with Crippen LogP contribution in [0.3, 0.4) is 0 Å². The van der Waals surface area contributed by atoms with Crippen LogP contribution in [0.1, 0.15) is 6.92 Å². The lowest BCUT2D eigenvalue weighted by molar-refractivity contribution is -0.384. The van der Waals surface area contributed by atoms with Gasteiger partial charge in [0.15, 0.2) is 0 Å². The Kier molecular flexibility index (Phi) is 3.22. The quantitative estimate of drug-likeness (QED) is 0.658. The van der Waals surface area contributed by atoms with E-state index in [1.807, 2.05) is 13.1 Å². The molecule has 0 radical (unpaired) electrons. The summed E-state index contributed by atoms with van der Waals surface area (Å²) in [5.41, 5.74) is 1.30. The van der Waals surface area contributed by atoms with Crippen LogP contribution in [0, 0.1) is 10.1 Å². The van der Waals surface area contributed by atoms with Crippen LogP contribution in [0.15, 0.2) is 24.5 Å². The molecule has 0 saturated heterocycles. The molecule has 0 aliphatic carbocycles. The Morgan fingerprint density at radius 2 is 2.28 bits per heavy atom. The molecule has 0 bridgehead atoms. The van der Waals surface area contributed by atoms with Crippen LogP contribution in [-0.2, 0) is 6.54 Å². The molecule has 0 unspecified atom stereocenters. The molecule has 0 fully saturated rings. The maximum atomic E-state index is 10.8. The summed E-state index contributed by atoms with van der Waals surface area (Å²) in [4.78, 5) is 14.7. The number of nitrogens with zero attached hydrogens (tertiary/aromatic N) is 4. The number of anilines is 1. The Hall–Kier alpha value is -2.44. The minimum atomic E-state index is -0.434. The molecule has 0 aliphatic rings. The molecule has 2 rings (SSSR count). The van der Waals surface area contributed by atoms with E-state index in [1.165, 1.54) is 12.1 Å². The van der Waals surface area contributed by atoms with Crippen LogP contribution >= 0.6 is 0 Å². The van der Waals surface area contributed by atoms with Gasteiger partial charge in [0.2, 0.25) is 0 Å². The van der Waals surface area contributed by atoms with E-state index in [-0.39, 0.29) is 5.69 Å². The van der Waals surface area contributed by atoms with Crippen LogP contribution in [0.5, 0.6) is 0 Å². The SMILES string of the molecule is CCn1cc(-c2cc([N+](=O)[O-])cc(NC)n2)cn1. The van der Waals surface area contributed by atoms with Crippen LogP contribution in [0.25, 0.3) is 11.3 Å². The third-order valence-electron chi connectivity index (χ3n) is 2.53. The molecule has 7 nitrogen and oxygen atoms in total. The van der Waals surface area contributed by atoms with Crippen LogP contribution in [-0.4, -0.2) is 26.7 Å². The molecule has 7 heteroatoms. The number of rotatable bonds is 4. The fraction of sp³-hybridized carbons (Fsp3) is 0.273. The van der Waals surface area contributed by atoms with E-state index in [4.69, 9.17) is 0 Å². The van der Waals surface area contributed by atoms with Gasteiger partial charge in [-0.2, -0.15) is 5.10 Å². The maximum absolute atomic E-state index is 10.8. The Morgan fingerprint density at radius 1 is 1.50 bits per heavy atom. The maximum Gasteiger partial charge on any atom is 0.275 e. The summed E-state index contributed by atoms with van der Waals surface area (Å²) < 4.78 is 1.74. The first-order valence-electron chi connectivity index (χ1n) is 5.51. The van der Waals surface area contributed by atoms with E-state index in [1.54, 1.807) is 17.9 Å². The van der Waals surface area contributed by atoms with Gasteiger partial charge in [-0.15, -0.1) is 0 Å². The summed E-state index contributed by atoms with van der Waals surface area (Å²) >= 11 is 0. The van der Waals surface area contributed by atoms with E-state index >= 15 is 0 Å². The number of hydrogen-bond acceptors (Lipinski definition) is 5. The number of hydrogen-bond donors (Lipinski definition) is 1. The first kappa shape index (κ1) is 12.0. The lowest BCUT2D eigenvalue weighted by Gasteiger charge is -2.02. The third kappa shape index (κ3) is 2.29. The molecule has 0 atom stereocenters. The average Bonchev–Trinajstić information content (AvgIpc) is 2.86. The zero-order chi connectivity index (χ0) is 13.1. The Labute approximate surface area is 104 Å². The lowest BCUT2D eigenvalue weighted by Crippen LogP contribution is -1.97. The number of nitro groups is 1. The highest BCUT2D eigenvalue weighted by molar-refractivity contribution is 5.64. The van der Waals surface area contributed by atoms with Gasteiger partial charge >= 0.3 is 0 Å². The predicted octanol–water partition coefficient (Wildman–Crippen LogP) is 1.91. The van der Waals surface area contributed by atoms with Crippen molar-refractivity contribution in [3.8, 4) is 11.3 Å². The van der Waals surface area contributed by atoms with Gasteiger partial charge in [0, 0.05) is 31.4 Å². The number of aromatic nitrogens is 3. The summed E-state index contributed by atoms with van der Waals surface area (Å²) in [5.74, 6) is 0.462. The minimum absolute atomic E-state index is 0.00796. The summed E-state index contributed by atoms with van der Waals surface area (Å²) in [5, 5.41) is 17.8. The second kappa shape index (κ2) is 4.82. The Morgan fingerprint density at radius 3 is 2.83 bits per heavy atom. The summed E-state index contributed by atoms with van der Waals surface area (Å²) in [7, 11) is 1.67. The molecule has 0 aromatic carbocycles. The van der Waals surface area contributed by atoms with Crippen molar-refractivity contribution >= 4 is 11.5 Å². The molecule has 0 aliphatic heterocycles. The van der Waals surface area contributed by atoms with Gasteiger partial charge in [-0.3, -0.25) is 14.8 Å². The number of aryl methyl sites for hydroxylation is 1. The molecule has 1 N–H and O–H groups in total. The van der Waals surface area contributed by atoms with Gasteiger partial charge in [-0.25, -0.2) is 4.98 Å². The van der Waals surface area contributed by atoms with Crippen molar-refractivity contribution in [2.75, 3.05) is 12.4 Å². The second-order valence-electron chi connectivity index (χ2n) is 3.69. The van der Waals surface area contributed by atoms with Gasteiger partial charge in [0.05, 0.1) is 22.9 Å². The average molecular weight is 247 g/mol. The molecular formula is C11H13N5O2. The van der Waals surface area contributed by atoms with Crippen LogP contribution < -0.4 is 5.32 Å². The van der Waals surface area contributed by atoms with Crippen molar-refractivity contribution in [2.24, 2.45) is 0 Å². The topological polar surface area (TPSA) is 85.9 Å². The minimum Gasteiger partial charge on any atom is -0.373 e. The zero-order valence-corrected chi connectivity index (χ0v) is 10.1. The fourth-order valence-electron chi connectivity index (χ4n) is 1.57. The largest absolute Gasteiger partial charge is 0.373 e. The molecule has 2 heterocycles. The zero-order valence-electron chi connectivity index (χ0n) is 10.1. The van der Waals surface area contributed by atoms with Crippen molar-refractivity contribution in [2.45, 2.75) is 13.5 Å². The second-order valence-corrected chi connectivity index (χ2v) is 3.69. The predicted molar refractivity (Wildman–Crippen MR) is 67.3 cm³/mol. The molecule has 2 aromatic heterocycles. The third-order valence-corrected chi connectivity index (χ3v) is 2.53. The highest BCUT2D eigenvalue weighted by Crippen LogP contribution is 2.24. The normalized spacial score (nSPS) is 10.3.